The van der Waals surface area contributed by atoms with Gasteiger partial charge in [0.05, 0.1) is 44.7 Å². The van der Waals surface area contributed by atoms with Crippen molar-refractivity contribution in [2.75, 3.05) is 54.1 Å². The van der Waals surface area contributed by atoms with Gasteiger partial charge in [-0.15, -0.1) is 11.8 Å². The van der Waals surface area contributed by atoms with Gasteiger partial charge in [0.2, 0.25) is 6.79 Å². The van der Waals surface area contributed by atoms with Crippen molar-refractivity contribution in [1.29, 1.82) is 5.26 Å². The van der Waals surface area contributed by atoms with E-state index in [0.29, 0.717) is 70.6 Å². The van der Waals surface area contributed by atoms with Crippen molar-refractivity contribution < 1.29 is 47.9 Å². The molecule has 0 aliphatic carbocycles. The lowest BCUT2D eigenvalue weighted by molar-refractivity contribution is -0.157. The van der Waals surface area contributed by atoms with Crippen LogP contribution in [0.4, 0.5) is 0 Å². The number of benzene rings is 3. The van der Waals surface area contributed by atoms with Crippen molar-refractivity contribution in [3.8, 4) is 46.3 Å². The number of aromatic hydroxyl groups is 1. The molecule has 14 nitrogen and oxygen atoms in total. The van der Waals surface area contributed by atoms with Crippen molar-refractivity contribution in [2.24, 2.45) is 0 Å². The highest BCUT2D eigenvalue weighted by molar-refractivity contribution is 7.99. The number of methoxy groups -OCH3 is 3. The lowest BCUT2D eigenvalue weighted by atomic mass is 9.71. The van der Waals surface area contributed by atoms with Crippen LogP contribution in [0.3, 0.4) is 0 Å². The van der Waals surface area contributed by atoms with Gasteiger partial charge in [0.25, 0.3) is 0 Å². The summed E-state index contributed by atoms with van der Waals surface area (Å²) in [5.41, 5.74) is 4.80. The van der Waals surface area contributed by atoms with Gasteiger partial charge in [-0.05, 0) is 68.1 Å². The van der Waals surface area contributed by atoms with Gasteiger partial charge in [-0.2, -0.15) is 5.26 Å². The molecule has 7 aliphatic heterocycles. The Hall–Kier alpha value is -4.88. The number of fused-ring (bicyclic) bond motifs is 9. The Morgan fingerprint density at radius 2 is 1.77 bits per heavy atom. The quantitative estimate of drug-likeness (QED) is 0.285. The summed E-state index contributed by atoms with van der Waals surface area (Å²) in [7, 11) is 6.70. The fourth-order valence-corrected chi connectivity index (χ4v) is 12.0. The third-order valence-corrected chi connectivity index (χ3v) is 14.1. The summed E-state index contributed by atoms with van der Waals surface area (Å²) in [4.78, 5) is 32.2. The van der Waals surface area contributed by atoms with Gasteiger partial charge in [0.1, 0.15) is 18.4 Å². The van der Waals surface area contributed by atoms with Crippen LogP contribution in [0.5, 0.6) is 40.2 Å². The molecule has 2 fully saturated rings. The van der Waals surface area contributed by atoms with Crippen molar-refractivity contribution in [2.45, 2.75) is 74.6 Å². The van der Waals surface area contributed by atoms with Crippen molar-refractivity contribution in [1.82, 2.24) is 15.1 Å². The third-order valence-electron chi connectivity index (χ3n) is 12.6. The Balaban J connectivity index is 1.33. The molecule has 1 unspecified atom stereocenters. The molecule has 2 saturated heterocycles. The van der Waals surface area contributed by atoms with E-state index in [4.69, 9.17) is 33.2 Å². The van der Waals surface area contributed by atoms with E-state index in [1.165, 1.54) is 18.7 Å². The first-order valence-corrected chi connectivity index (χ1v) is 19.8. The molecule has 0 saturated carbocycles. The number of phenols is 1. The molecule has 3 aromatic carbocycles. The Kier molecular flexibility index (Phi) is 8.77. The minimum absolute atomic E-state index is 0.0505. The number of nitrogens with zero attached hydrogens (tertiary/aromatic N) is 3. The van der Waals surface area contributed by atoms with Crippen LogP contribution in [-0.4, -0.2) is 99.0 Å². The van der Waals surface area contributed by atoms with E-state index in [0.717, 1.165) is 27.8 Å². The summed E-state index contributed by atoms with van der Waals surface area (Å²) in [5, 5.41) is 26.3. The van der Waals surface area contributed by atoms with Crippen LogP contribution in [0.1, 0.15) is 68.8 Å². The number of rotatable bonds is 4. The van der Waals surface area contributed by atoms with E-state index in [-0.39, 0.29) is 30.9 Å². The number of hydrogen-bond acceptors (Lipinski definition) is 15. The van der Waals surface area contributed by atoms with Crippen molar-refractivity contribution in [3.63, 3.8) is 0 Å². The minimum Gasteiger partial charge on any atom is -0.504 e. The molecule has 7 atom stereocenters. The number of likely N-dealkylation sites (N-methyl/N-ethyl adjacent to an activating group) is 1. The second kappa shape index (κ2) is 13.4. The predicted molar refractivity (Wildman–Crippen MR) is 203 cm³/mol. The fourth-order valence-electron chi connectivity index (χ4n) is 10.3. The molecule has 0 aromatic heterocycles. The highest BCUT2D eigenvalue weighted by atomic mass is 32.2. The topological polar surface area (TPSA) is 161 Å². The SMILES string of the molecule is COc1cc2c(cc1OC)[C@@]1(CS[C@@H]3c4c(OC(C)=O)c(C)c5c(c4[C@H](COC1=O)N1C3[C@@H]3c4c(cc(C)c(OC)c4O)C[C@H]([C@@H]1C#N)N3C)OCO5)NCC2. The number of thioether (sulfide) groups is 1. The molecule has 294 valence electrons. The molecule has 56 heavy (non-hydrogen) atoms. The first-order chi connectivity index (χ1) is 27.0. The summed E-state index contributed by atoms with van der Waals surface area (Å²) in [6, 6.07) is 5.82. The zero-order valence-electron chi connectivity index (χ0n) is 32.3. The molecule has 4 bridgehead atoms. The molecule has 0 radical (unpaired) electrons. The van der Waals surface area contributed by atoms with Gasteiger partial charge < -0.3 is 38.3 Å². The molecule has 3 aromatic rings. The van der Waals surface area contributed by atoms with Crippen LogP contribution in [0, 0.1) is 25.2 Å². The second-order valence-corrected chi connectivity index (χ2v) is 16.4. The average Bonchev–Trinajstić information content (AvgIpc) is 3.68. The van der Waals surface area contributed by atoms with Crippen LogP contribution in [0.2, 0.25) is 0 Å². The van der Waals surface area contributed by atoms with Crippen LogP contribution in [-0.2, 0) is 32.7 Å². The number of nitrogens with one attached hydrogen (secondary N) is 1. The first kappa shape index (κ1) is 36.7. The van der Waals surface area contributed by atoms with E-state index in [1.807, 2.05) is 33.0 Å². The van der Waals surface area contributed by atoms with Gasteiger partial charge in [-0.3, -0.25) is 19.9 Å². The van der Waals surface area contributed by atoms with E-state index < -0.39 is 46.9 Å². The number of piperazine rings is 1. The number of carbonyl (C=O) groups excluding carboxylic acids is 2. The summed E-state index contributed by atoms with van der Waals surface area (Å²) < 4.78 is 42.1. The maximum atomic E-state index is 14.9. The van der Waals surface area contributed by atoms with E-state index in [2.05, 4.69) is 27.3 Å². The molecular weight excluding hydrogens is 741 g/mol. The number of phenolic OH excluding ortho intramolecular Hbond substituents is 1. The average molecular weight is 785 g/mol. The highest BCUT2D eigenvalue weighted by Crippen LogP contribution is 2.64. The van der Waals surface area contributed by atoms with Crippen molar-refractivity contribution >= 4 is 23.7 Å². The van der Waals surface area contributed by atoms with Crippen LogP contribution in [0.25, 0.3) is 0 Å². The van der Waals surface area contributed by atoms with E-state index in [9.17, 15) is 20.0 Å². The zero-order valence-corrected chi connectivity index (χ0v) is 33.1. The second-order valence-electron chi connectivity index (χ2n) is 15.3. The lowest BCUT2D eigenvalue weighted by Gasteiger charge is -2.62. The number of nitriles is 1. The Morgan fingerprint density at radius 1 is 1.02 bits per heavy atom. The summed E-state index contributed by atoms with van der Waals surface area (Å²) in [6.07, 6.45) is 1.15. The Bertz CT molecular complexity index is 2240. The first-order valence-electron chi connectivity index (χ1n) is 18.7. The van der Waals surface area contributed by atoms with E-state index in [1.54, 1.807) is 21.3 Å². The molecule has 15 heteroatoms. The molecule has 1 spiro atoms. The molecular formula is C41H44N4O10S. The van der Waals surface area contributed by atoms with Gasteiger partial charge >= 0.3 is 11.9 Å². The smallest absolute Gasteiger partial charge is 0.331 e. The number of hydrogen-bond donors (Lipinski definition) is 2. The lowest BCUT2D eigenvalue weighted by Crippen LogP contribution is -2.69. The van der Waals surface area contributed by atoms with Crippen LogP contribution in [0.15, 0.2) is 18.2 Å². The van der Waals surface area contributed by atoms with Crippen LogP contribution < -0.4 is 33.7 Å². The monoisotopic (exact) mass is 784 g/mol. The molecule has 2 N–H and O–H groups in total. The molecule has 0 amide bonds. The number of esters is 2. The number of aryl methyl sites for hydroxylation is 1. The zero-order chi connectivity index (χ0) is 39.4. The minimum atomic E-state index is -1.31. The standard InChI is InChI=1S/C41H44N4O10S/c1-18-10-22-11-24-25(14-42)45-26-15-52-40(48)41(23-13-28(50-6)27(49-5)12-21(23)8-9-43-41)16-56-39(33(45)32(44(24)4)29(22)34(47)35(18)51-7)31-30(26)38-37(53-17-54-38)19(2)36(31)55-20(3)46/h10,12-13,24-26,32-33,39,43,47H,8-9,11,15-17H2,1-7H3/t24-,25+,26+,32+,33?,39-,41-/m1/s1. The normalized spacial score (nSPS) is 28.6. The van der Waals surface area contributed by atoms with Gasteiger partial charge in [-0.1, -0.05) is 6.07 Å². The molecule has 10 rings (SSSR count). The summed E-state index contributed by atoms with van der Waals surface area (Å²) in [6.45, 7) is 5.41. The van der Waals surface area contributed by atoms with E-state index >= 15 is 0 Å². The highest BCUT2D eigenvalue weighted by Gasteiger charge is 2.62. The Morgan fingerprint density at radius 3 is 2.48 bits per heavy atom. The number of ether oxygens (including phenoxy) is 7. The molecule has 7 aliphatic rings. The maximum absolute atomic E-state index is 14.9. The van der Waals surface area contributed by atoms with Gasteiger partial charge in [-0.25, -0.2) is 4.79 Å². The number of carbonyl (C=O) groups is 2. The predicted octanol–water partition coefficient (Wildman–Crippen LogP) is 4.29. The maximum Gasteiger partial charge on any atom is 0.331 e. The van der Waals surface area contributed by atoms with Gasteiger partial charge in [0, 0.05) is 53.6 Å². The van der Waals surface area contributed by atoms with Gasteiger partial charge in [0.15, 0.2) is 40.0 Å². The largest absolute Gasteiger partial charge is 0.504 e. The van der Waals surface area contributed by atoms with Crippen LogP contribution >= 0.6 is 11.8 Å². The third kappa shape index (κ3) is 4.98. The summed E-state index contributed by atoms with van der Waals surface area (Å²) in [5.74, 6) is 1.99. The molecule has 7 heterocycles. The fraction of sp³-hybridized carbons (Fsp3) is 0.488. The summed E-state index contributed by atoms with van der Waals surface area (Å²) >= 11 is 1.52. The Labute approximate surface area is 328 Å². The van der Waals surface area contributed by atoms with Crippen molar-refractivity contribution in [3.05, 3.63) is 62.7 Å².